The third kappa shape index (κ3) is 3.80. The van der Waals surface area contributed by atoms with Crippen LogP contribution in [0.1, 0.15) is 10.4 Å². The fourth-order valence-electron chi connectivity index (χ4n) is 0.694. The first kappa shape index (κ1) is 11.9. The summed E-state index contributed by atoms with van der Waals surface area (Å²) in [5.41, 5.74) is 1.48. The van der Waals surface area contributed by atoms with Crippen molar-refractivity contribution < 1.29 is 27.2 Å². The summed E-state index contributed by atoms with van der Waals surface area (Å²) in [5.74, 6) is -0.905. The van der Waals surface area contributed by atoms with Crippen molar-refractivity contribution >= 4 is 17.5 Å². The summed E-state index contributed by atoms with van der Waals surface area (Å²) in [6.07, 6.45) is -3.38. The lowest BCUT2D eigenvalue weighted by atomic mass is 10.3. The van der Waals surface area contributed by atoms with E-state index >= 15 is 0 Å². The van der Waals surface area contributed by atoms with Crippen LogP contribution in [0.3, 0.4) is 0 Å². The van der Waals surface area contributed by atoms with Gasteiger partial charge < -0.3 is 4.42 Å². The van der Waals surface area contributed by atoms with E-state index in [9.17, 15) is 18.0 Å². The molecule has 1 aromatic rings. The number of rotatable bonds is 3. The maximum absolute atomic E-state index is 11.6. The van der Waals surface area contributed by atoms with E-state index in [0.29, 0.717) is 0 Å². The third-order valence-electron chi connectivity index (χ3n) is 1.26. The molecule has 4 nitrogen and oxygen atoms in total. The maximum Gasteiger partial charge on any atom is 0.414 e. The summed E-state index contributed by atoms with van der Waals surface area (Å²) in [4.78, 5) is 15.0. The van der Waals surface area contributed by atoms with Crippen molar-refractivity contribution in [2.24, 2.45) is 0 Å². The molecule has 0 radical (unpaired) electrons. The van der Waals surface area contributed by atoms with E-state index < -0.39 is 18.7 Å². The molecule has 0 saturated carbocycles. The van der Waals surface area contributed by atoms with Gasteiger partial charge in [0.05, 0.1) is 11.8 Å². The van der Waals surface area contributed by atoms with Crippen molar-refractivity contribution in [3.05, 3.63) is 23.1 Å². The van der Waals surface area contributed by atoms with Gasteiger partial charge in [0, 0.05) is 0 Å². The van der Waals surface area contributed by atoms with Gasteiger partial charge in [-0.1, -0.05) is 0 Å². The molecule has 0 aliphatic carbocycles. The molecule has 8 heteroatoms. The minimum atomic E-state index is -4.51. The summed E-state index contributed by atoms with van der Waals surface area (Å²) in [6.45, 7) is -1.58. The van der Waals surface area contributed by atoms with Gasteiger partial charge in [0.15, 0.2) is 6.61 Å². The summed E-state index contributed by atoms with van der Waals surface area (Å²) >= 11 is 5.40. The molecule has 1 rings (SSSR count). The molecule has 0 aliphatic heterocycles. The molecule has 1 heterocycles. The van der Waals surface area contributed by atoms with Gasteiger partial charge in [-0.15, -0.1) is 0 Å². The number of nitrogens with one attached hydrogen (secondary N) is 1. The van der Waals surface area contributed by atoms with Crippen LogP contribution in [0.2, 0.25) is 5.22 Å². The minimum absolute atomic E-state index is 0.0983. The topological polar surface area (TPSA) is 51.5 Å². The Kier molecular flexibility index (Phi) is 3.59. The molecule has 0 aliphatic rings. The van der Waals surface area contributed by atoms with Gasteiger partial charge in [0.25, 0.3) is 5.91 Å². The fourth-order valence-corrected chi connectivity index (χ4v) is 0.894. The number of hydroxylamine groups is 1. The van der Waals surface area contributed by atoms with Crippen molar-refractivity contribution in [2.75, 3.05) is 6.61 Å². The molecule has 1 aromatic heterocycles. The van der Waals surface area contributed by atoms with E-state index in [0.717, 1.165) is 6.26 Å². The van der Waals surface area contributed by atoms with Gasteiger partial charge in [-0.05, 0) is 17.7 Å². The molecule has 0 spiro atoms. The van der Waals surface area contributed by atoms with E-state index in [4.69, 9.17) is 11.6 Å². The zero-order valence-electron chi connectivity index (χ0n) is 7.10. The van der Waals surface area contributed by atoms with Crippen molar-refractivity contribution in [3.8, 4) is 0 Å². The van der Waals surface area contributed by atoms with Gasteiger partial charge in [0.2, 0.25) is 5.22 Å². The van der Waals surface area contributed by atoms with Crippen molar-refractivity contribution in [1.82, 2.24) is 5.48 Å². The average Bonchev–Trinajstić information content (AvgIpc) is 2.48. The number of alkyl halides is 3. The molecular weight excluding hydrogens is 239 g/mol. The van der Waals surface area contributed by atoms with Crippen LogP contribution in [0.5, 0.6) is 0 Å². The largest absolute Gasteiger partial charge is 0.452 e. The lowest BCUT2D eigenvalue weighted by molar-refractivity contribution is -0.184. The molecular formula is C7H5ClF3NO3. The normalized spacial score (nSPS) is 11.5. The molecule has 0 fully saturated rings. The smallest absolute Gasteiger partial charge is 0.414 e. The van der Waals surface area contributed by atoms with Crippen LogP contribution in [0.4, 0.5) is 13.2 Å². The lowest BCUT2D eigenvalue weighted by Crippen LogP contribution is -2.29. The first-order valence-electron chi connectivity index (χ1n) is 3.62. The standard InChI is InChI=1S/C7H5ClF3NO3/c8-5-4(1-2-14-5)6(13)12-15-3-7(9,10)11/h1-2H,3H2,(H,12,13). The molecule has 0 unspecified atom stereocenters. The summed E-state index contributed by atoms with van der Waals surface area (Å²) in [5, 5.41) is -0.219. The zero-order valence-corrected chi connectivity index (χ0v) is 7.85. The predicted octanol–water partition coefficient (Wildman–Crippen LogP) is 2.16. The lowest BCUT2D eigenvalue weighted by Gasteiger charge is -2.07. The summed E-state index contributed by atoms with van der Waals surface area (Å²) < 4.78 is 39.4. The van der Waals surface area contributed by atoms with Crippen LogP contribution in [0, 0.1) is 0 Å². The molecule has 1 amide bonds. The third-order valence-corrected chi connectivity index (χ3v) is 1.56. The Hall–Kier alpha value is -1.21. The van der Waals surface area contributed by atoms with Gasteiger partial charge in [0.1, 0.15) is 0 Å². The van der Waals surface area contributed by atoms with Gasteiger partial charge in [-0.3, -0.25) is 9.63 Å². The Morgan fingerprint density at radius 1 is 1.60 bits per heavy atom. The number of halogens is 4. The van der Waals surface area contributed by atoms with Crippen molar-refractivity contribution in [3.63, 3.8) is 0 Å². The van der Waals surface area contributed by atoms with Gasteiger partial charge in [-0.25, -0.2) is 5.48 Å². The maximum atomic E-state index is 11.6. The summed E-state index contributed by atoms with van der Waals surface area (Å²) in [6, 6.07) is 1.20. The number of hydrogen-bond acceptors (Lipinski definition) is 3. The molecule has 0 atom stereocenters. The minimum Gasteiger partial charge on any atom is -0.452 e. The highest BCUT2D eigenvalue weighted by Crippen LogP contribution is 2.17. The Bertz CT molecular complexity index is 349. The average molecular weight is 244 g/mol. The summed E-state index contributed by atoms with van der Waals surface area (Å²) in [7, 11) is 0. The van der Waals surface area contributed by atoms with Gasteiger partial charge >= 0.3 is 6.18 Å². The van der Waals surface area contributed by atoms with Crippen molar-refractivity contribution in [2.45, 2.75) is 6.18 Å². The quantitative estimate of drug-likeness (QED) is 0.828. The van der Waals surface area contributed by atoms with E-state index in [2.05, 4.69) is 9.25 Å². The Morgan fingerprint density at radius 3 is 2.73 bits per heavy atom. The van der Waals surface area contributed by atoms with Crippen LogP contribution >= 0.6 is 11.6 Å². The van der Waals surface area contributed by atoms with Crippen molar-refractivity contribution in [1.29, 1.82) is 0 Å². The molecule has 0 bridgehead atoms. The number of carbonyl (C=O) groups excluding carboxylic acids is 1. The first-order valence-corrected chi connectivity index (χ1v) is 4.00. The van der Waals surface area contributed by atoms with E-state index in [-0.39, 0.29) is 10.8 Å². The second-order valence-electron chi connectivity index (χ2n) is 2.44. The molecule has 0 saturated heterocycles. The van der Waals surface area contributed by atoms with Crippen LogP contribution in [0.25, 0.3) is 0 Å². The zero-order chi connectivity index (χ0) is 11.5. The highest BCUT2D eigenvalue weighted by atomic mass is 35.5. The molecule has 84 valence electrons. The number of furan rings is 1. The Labute approximate surface area is 86.9 Å². The molecule has 0 aromatic carbocycles. The highest BCUT2D eigenvalue weighted by Gasteiger charge is 2.28. The van der Waals surface area contributed by atoms with E-state index in [1.54, 1.807) is 5.48 Å². The van der Waals surface area contributed by atoms with E-state index in [1.807, 2.05) is 0 Å². The first-order chi connectivity index (χ1) is 6.90. The van der Waals surface area contributed by atoms with Crippen LogP contribution in [0.15, 0.2) is 16.7 Å². The number of hydrogen-bond donors (Lipinski definition) is 1. The number of amides is 1. The SMILES string of the molecule is O=C(NOCC(F)(F)F)c1ccoc1Cl. The van der Waals surface area contributed by atoms with E-state index in [1.165, 1.54) is 6.07 Å². The second kappa shape index (κ2) is 4.54. The Morgan fingerprint density at radius 2 is 2.27 bits per heavy atom. The Balaban J connectivity index is 2.41. The van der Waals surface area contributed by atoms with Crippen LogP contribution < -0.4 is 5.48 Å². The van der Waals surface area contributed by atoms with Crippen LogP contribution in [-0.2, 0) is 4.84 Å². The fraction of sp³-hybridized carbons (Fsp3) is 0.286. The molecule has 15 heavy (non-hydrogen) atoms. The monoisotopic (exact) mass is 243 g/mol. The van der Waals surface area contributed by atoms with Crippen LogP contribution in [-0.4, -0.2) is 18.7 Å². The predicted molar refractivity (Wildman–Crippen MR) is 43.2 cm³/mol. The second-order valence-corrected chi connectivity index (χ2v) is 2.79. The molecule has 1 N–H and O–H groups in total. The highest BCUT2D eigenvalue weighted by molar-refractivity contribution is 6.32. The van der Waals surface area contributed by atoms with Gasteiger partial charge in [-0.2, -0.15) is 13.2 Å². The number of carbonyl (C=O) groups is 1.